The van der Waals surface area contributed by atoms with Crippen LogP contribution in [0.15, 0.2) is 0 Å². The van der Waals surface area contributed by atoms with Gasteiger partial charge in [-0.2, -0.15) is 0 Å². The van der Waals surface area contributed by atoms with Crippen LogP contribution in [-0.4, -0.2) is 97.2 Å². The summed E-state index contributed by atoms with van der Waals surface area (Å²) in [4.78, 5) is 0. The lowest BCUT2D eigenvalue weighted by molar-refractivity contribution is -0.185. The maximum absolute atomic E-state index is 5.46. The summed E-state index contributed by atoms with van der Waals surface area (Å²) in [5.74, 6) is 8.83. The lowest BCUT2D eigenvalue weighted by atomic mass is 9.80. The van der Waals surface area contributed by atoms with Crippen molar-refractivity contribution in [1.82, 2.24) is 5.32 Å². The number of hydrogen-bond acceptors (Lipinski definition) is 8. The van der Waals surface area contributed by atoms with Crippen LogP contribution in [0.2, 0.25) is 0 Å². The number of rotatable bonds is 14. The second-order valence-corrected chi connectivity index (χ2v) is 23.2. The van der Waals surface area contributed by atoms with Gasteiger partial charge in [-0.15, -0.1) is 0 Å². The Balaban J connectivity index is 0.000000374. The first-order valence-corrected chi connectivity index (χ1v) is 27.5. The van der Waals surface area contributed by atoms with Gasteiger partial charge in [0.25, 0.3) is 0 Å². The van der Waals surface area contributed by atoms with Gasteiger partial charge in [-0.05, 0) is 130 Å². The zero-order valence-corrected chi connectivity index (χ0v) is 45.2. The van der Waals surface area contributed by atoms with Crippen LogP contribution in [0.25, 0.3) is 0 Å². The molecule has 2 aliphatic carbocycles. The number of nitrogens with one attached hydrogen (secondary N) is 1. The highest BCUT2D eigenvalue weighted by Crippen LogP contribution is 2.32. The molecule has 5 saturated heterocycles. The monoisotopic (exact) mass is 912 g/mol. The predicted octanol–water partition coefficient (Wildman–Crippen LogP) is 14.2. The zero-order valence-electron chi connectivity index (χ0n) is 45.2. The Morgan fingerprint density at radius 1 is 0.328 bits per heavy atom. The van der Waals surface area contributed by atoms with Crippen molar-refractivity contribution in [2.75, 3.05) is 72.6 Å². The topological polar surface area (TPSA) is 76.6 Å². The van der Waals surface area contributed by atoms with Crippen LogP contribution in [-0.2, 0) is 33.2 Å². The minimum absolute atomic E-state index is 0.0775. The normalized spacial score (nSPS) is 24.2. The SMILES string of the molecule is CC(C)CC1CCC1.CC(C)CC1CCCC1.CC(C)CC1CCCO1.CC(C)CC1CNC1.CC(C)CC1COCCO1.CC(C)CC1COCCO1.CC(C)CC1OCCCO1. The summed E-state index contributed by atoms with van der Waals surface area (Å²) >= 11 is 0. The van der Waals surface area contributed by atoms with Crippen LogP contribution in [0.1, 0.15) is 206 Å². The molecule has 7 fully saturated rings. The highest BCUT2D eigenvalue weighted by atomic mass is 16.7. The molecule has 0 amide bonds. The van der Waals surface area contributed by atoms with Crippen LogP contribution in [0.4, 0.5) is 0 Å². The molecule has 7 aliphatic rings. The molecule has 5 aliphatic heterocycles. The van der Waals surface area contributed by atoms with Crippen molar-refractivity contribution in [2.24, 2.45) is 59.2 Å². The molecular formula is C56H113NO7. The Kier molecular flexibility index (Phi) is 38.1. The van der Waals surface area contributed by atoms with Gasteiger partial charge in [0.15, 0.2) is 6.29 Å². The van der Waals surface area contributed by atoms with Gasteiger partial charge in [0.2, 0.25) is 0 Å². The van der Waals surface area contributed by atoms with Crippen LogP contribution in [0, 0.1) is 59.2 Å². The molecule has 3 atom stereocenters. The fourth-order valence-electron chi connectivity index (χ4n) is 9.30. The standard InChI is InChI=1S/C9H18.3C8H16O2.C8H16O.C8H16.C7H15N/c1-8(2)7-9-5-3-4-6-9;2*1-7(2)5-8-6-9-3-4-10-8;1-7(2)6-8-9-4-3-5-10-8;1-7(2)6-8-4-3-5-9-8;1-7(2)6-8-4-3-5-8;1-6(2)3-7-4-8-5-7/h8-9H,3-7H2,1-2H3;3*7-8H,3-6H2,1-2H3;7-8H,3-6H2,1-2H3;7-8H,3-6H2,1-2H3;6-8H,3-5H2,1-2H3. The van der Waals surface area contributed by atoms with E-state index in [0.29, 0.717) is 36.1 Å². The minimum Gasteiger partial charge on any atom is -0.378 e. The largest absolute Gasteiger partial charge is 0.378 e. The highest BCUT2D eigenvalue weighted by Gasteiger charge is 2.20. The van der Waals surface area contributed by atoms with Crippen molar-refractivity contribution in [2.45, 2.75) is 231 Å². The highest BCUT2D eigenvalue weighted by molar-refractivity contribution is 4.75. The molecule has 5 heterocycles. The average molecular weight is 913 g/mol. The lowest BCUT2D eigenvalue weighted by Crippen LogP contribution is -2.42. The first kappa shape index (κ1) is 61.7. The second-order valence-electron chi connectivity index (χ2n) is 23.2. The van der Waals surface area contributed by atoms with Gasteiger partial charge >= 0.3 is 0 Å². The summed E-state index contributed by atoms with van der Waals surface area (Å²) in [7, 11) is 0. The molecule has 3 unspecified atom stereocenters. The van der Waals surface area contributed by atoms with E-state index in [1.807, 2.05) is 0 Å². The third-order valence-corrected chi connectivity index (χ3v) is 12.5. The molecule has 384 valence electrons. The molecule has 0 bridgehead atoms. The van der Waals surface area contributed by atoms with E-state index < -0.39 is 0 Å². The summed E-state index contributed by atoms with van der Waals surface area (Å²) in [5.41, 5.74) is 0. The second kappa shape index (κ2) is 39.5. The van der Waals surface area contributed by atoms with E-state index in [9.17, 15) is 0 Å². The van der Waals surface area contributed by atoms with Gasteiger partial charge in [-0.1, -0.05) is 142 Å². The maximum atomic E-state index is 5.46. The third kappa shape index (κ3) is 37.6. The Bertz CT molecular complexity index is 869. The minimum atomic E-state index is 0.0775. The smallest absolute Gasteiger partial charge is 0.157 e. The van der Waals surface area contributed by atoms with Crippen molar-refractivity contribution >= 4 is 0 Å². The predicted molar refractivity (Wildman–Crippen MR) is 272 cm³/mol. The molecule has 1 N–H and O–H groups in total. The average Bonchev–Trinajstić information content (AvgIpc) is 3.91. The van der Waals surface area contributed by atoms with Gasteiger partial charge in [-0.25, -0.2) is 0 Å². The van der Waals surface area contributed by atoms with Crippen LogP contribution in [0.3, 0.4) is 0 Å². The van der Waals surface area contributed by atoms with Gasteiger partial charge < -0.3 is 38.5 Å². The summed E-state index contributed by atoms with van der Waals surface area (Å²) < 4.78 is 37.6. The van der Waals surface area contributed by atoms with Gasteiger partial charge in [0, 0.05) is 13.0 Å². The molecule has 0 radical (unpaired) electrons. The van der Waals surface area contributed by atoms with E-state index in [1.165, 1.54) is 96.6 Å². The van der Waals surface area contributed by atoms with E-state index in [-0.39, 0.29) is 6.29 Å². The molecule has 64 heavy (non-hydrogen) atoms. The van der Waals surface area contributed by atoms with Gasteiger partial charge in [-0.3, -0.25) is 0 Å². The summed E-state index contributed by atoms with van der Waals surface area (Å²) in [5, 5.41) is 3.27. The van der Waals surface area contributed by atoms with Crippen molar-refractivity contribution < 1.29 is 33.2 Å². The van der Waals surface area contributed by atoms with Crippen molar-refractivity contribution in [3.63, 3.8) is 0 Å². The molecule has 0 spiro atoms. The van der Waals surface area contributed by atoms with E-state index in [1.54, 1.807) is 0 Å². The Labute approximate surface area is 399 Å². The fourth-order valence-corrected chi connectivity index (χ4v) is 9.30. The first-order chi connectivity index (χ1) is 30.5. The van der Waals surface area contributed by atoms with E-state index in [0.717, 1.165) is 127 Å². The quantitative estimate of drug-likeness (QED) is 0.185. The lowest BCUT2D eigenvalue weighted by Gasteiger charge is -2.28. The fraction of sp³-hybridized carbons (Fsp3) is 1.00. The molecule has 8 heteroatoms. The zero-order chi connectivity index (χ0) is 47.5. The Morgan fingerprint density at radius 3 is 1.00 bits per heavy atom. The molecule has 0 aromatic carbocycles. The molecular weight excluding hydrogens is 799 g/mol. The van der Waals surface area contributed by atoms with Crippen LogP contribution >= 0.6 is 0 Å². The van der Waals surface area contributed by atoms with Crippen molar-refractivity contribution in [3.8, 4) is 0 Å². The number of hydrogen-bond donors (Lipinski definition) is 1. The molecule has 0 aromatic heterocycles. The Morgan fingerprint density at radius 2 is 0.703 bits per heavy atom. The molecule has 8 nitrogen and oxygen atoms in total. The molecule has 2 saturated carbocycles. The van der Waals surface area contributed by atoms with Crippen LogP contribution in [0.5, 0.6) is 0 Å². The van der Waals surface area contributed by atoms with Gasteiger partial charge in [0.1, 0.15) is 0 Å². The first-order valence-electron chi connectivity index (χ1n) is 27.5. The third-order valence-electron chi connectivity index (χ3n) is 12.5. The summed E-state index contributed by atoms with van der Waals surface area (Å²) in [6.45, 7) is 41.5. The van der Waals surface area contributed by atoms with Gasteiger partial charge in [0.05, 0.1) is 71.2 Å². The van der Waals surface area contributed by atoms with Crippen LogP contribution < -0.4 is 5.32 Å². The molecule has 0 aromatic rings. The van der Waals surface area contributed by atoms with Crippen molar-refractivity contribution in [1.29, 1.82) is 0 Å². The maximum Gasteiger partial charge on any atom is 0.157 e. The number of ether oxygens (including phenoxy) is 7. The summed E-state index contributed by atoms with van der Waals surface area (Å²) in [6, 6.07) is 0. The molecule has 7 rings (SSSR count). The summed E-state index contributed by atoms with van der Waals surface area (Å²) in [6.07, 6.45) is 24.4. The van der Waals surface area contributed by atoms with E-state index in [4.69, 9.17) is 33.2 Å². The van der Waals surface area contributed by atoms with Crippen molar-refractivity contribution in [3.05, 3.63) is 0 Å². The van der Waals surface area contributed by atoms with E-state index in [2.05, 4.69) is 102 Å². The Hall–Kier alpha value is -0.320. The van der Waals surface area contributed by atoms with E-state index >= 15 is 0 Å².